The van der Waals surface area contributed by atoms with Crippen molar-refractivity contribution in [3.63, 3.8) is 0 Å². The minimum Gasteiger partial charge on any atom is -0.247 e. The Balaban J connectivity index is 2.43. The Labute approximate surface area is 69.2 Å². The van der Waals surface area contributed by atoms with Crippen LogP contribution in [0, 0.1) is 17.8 Å². The zero-order chi connectivity index (χ0) is 8.43. The Kier molecular flexibility index (Phi) is 2.91. The lowest BCUT2D eigenvalue weighted by Gasteiger charge is -2.31. The monoisotopic (exact) mass is 158 g/mol. The van der Waals surface area contributed by atoms with Crippen LogP contribution in [0.15, 0.2) is 0 Å². The summed E-state index contributed by atoms with van der Waals surface area (Å²) in [5.74, 6) is 1.90. The van der Waals surface area contributed by atoms with E-state index < -0.39 is 6.17 Å². The molecule has 1 heteroatoms. The fourth-order valence-corrected chi connectivity index (χ4v) is 2.11. The molecule has 0 nitrogen and oxygen atoms in total. The second-order valence-electron chi connectivity index (χ2n) is 4.41. The van der Waals surface area contributed by atoms with E-state index in [9.17, 15) is 4.39 Å². The highest BCUT2D eigenvalue weighted by Gasteiger charge is 2.27. The van der Waals surface area contributed by atoms with Gasteiger partial charge in [-0.3, -0.25) is 0 Å². The van der Waals surface area contributed by atoms with E-state index in [1.54, 1.807) is 0 Å². The van der Waals surface area contributed by atoms with Crippen LogP contribution in [0.4, 0.5) is 4.39 Å². The molecule has 66 valence electrons. The number of rotatable bonds is 1. The highest BCUT2D eigenvalue weighted by atomic mass is 19.1. The molecule has 0 amide bonds. The van der Waals surface area contributed by atoms with Crippen LogP contribution >= 0.6 is 0 Å². The van der Waals surface area contributed by atoms with Crippen molar-refractivity contribution >= 4 is 0 Å². The van der Waals surface area contributed by atoms with Crippen LogP contribution in [0.5, 0.6) is 0 Å². The predicted molar refractivity (Wildman–Crippen MR) is 46.2 cm³/mol. The molecule has 3 unspecified atom stereocenters. The van der Waals surface area contributed by atoms with Gasteiger partial charge in [-0.25, -0.2) is 4.39 Å². The smallest absolute Gasteiger partial charge is 0.101 e. The van der Waals surface area contributed by atoms with E-state index in [1.165, 1.54) is 6.42 Å². The lowest BCUT2D eigenvalue weighted by atomic mass is 9.76. The van der Waals surface area contributed by atoms with Crippen molar-refractivity contribution in [2.75, 3.05) is 0 Å². The van der Waals surface area contributed by atoms with Crippen molar-refractivity contribution in [1.82, 2.24) is 0 Å². The first-order valence-electron chi connectivity index (χ1n) is 4.73. The molecule has 0 aromatic carbocycles. The van der Waals surface area contributed by atoms with E-state index >= 15 is 0 Å². The van der Waals surface area contributed by atoms with Gasteiger partial charge >= 0.3 is 0 Å². The van der Waals surface area contributed by atoms with Crippen molar-refractivity contribution < 1.29 is 4.39 Å². The highest BCUT2D eigenvalue weighted by Crippen LogP contribution is 2.34. The van der Waals surface area contributed by atoms with Crippen LogP contribution < -0.4 is 0 Å². The first-order valence-corrected chi connectivity index (χ1v) is 4.73. The Morgan fingerprint density at radius 3 is 2.27 bits per heavy atom. The Hall–Kier alpha value is -0.0700. The largest absolute Gasteiger partial charge is 0.247 e. The van der Waals surface area contributed by atoms with E-state index in [1.807, 2.05) is 0 Å². The maximum absolute atomic E-state index is 13.0. The standard InChI is InChI=1S/C10H19F/c1-7(2)9-4-8(3)5-10(11)6-9/h7-10H,4-6H2,1-3H3. The third-order valence-electron chi connectivity index (χ3n) is 2.86. The van der Waals surface area contributed by atoms with Gasteiger partial charge in [-0.1, -0.05) is 20.8 Å². The Morgan fingerprint density at radius 2 is 1.82 bits per heavy atom. The van der Waals surface area contributed by atoms with E-state index in [-0.39, 0.29) is 0 Å². The second-order valence-corrected chi connectivity index (χ2v) is 4.41. The third kappa shape index (κ3) is 2.46. The molecule has 1 saturated carbocycles. The van der Waals surface area contributed by atoms with Crippen LogP contribution in [-0.2, 0) is 0 Å². The maximum atomic E-state index is 13.0. The summed E-state index contributed by atoms with van der Waals surface area (Å²) >= 11 is 0. The summed E-state index contributed by atoms with van der Waals surface area (Å²) in [6.45, 7) is 6.58. The van der Waals surface area contributed by atoms with Gasteiger partial charge in [0.2, 0.25) is 0 Å². The first-order chi connectivity index (χ1) is 5.09. The first kappa shape index (κ1) is 9.02. The molecule has 1 aliphatic rings. The molecule has 11 heavy (non-hydrogen) atoms. The molecule has 0 aliphatic heterocycles. The fraction of sp³-hybridized carbons (Fsp3) is 1.00. The molecule has 0 aromatic heterocycles. The average Bonchev–Trinajstić information content (AvgIpc) is 1.85. The summed E-state index contributed by atoms with van der Waals surface area (Å²) in [6.07, 6.45) is 2.31. The van der Waals surface area contributed by atoms with Gasteiger partial charge in [0.1, 0.15) is 6.17 Å². The Bertz CT molecular complexity index is 110. The summed E-state index contributed by atoms with van der Waals surface area (Å²) in [6, 6.07) is 0. The zero-order valence-corrected chi connectivity index (χ0v) is 7.81. The SMILES string of the molecule is CC1CC(F)CC(C(C)C)C1. The van der Waals surface area contributed by atoms with Crippen LogP contribution in [0.2, 0.25) is 0 Å². The van der Waals surface area contributed by atoms with Crippen molar-refractivity contribution in [1.29, 1.82) is 0 Å². The van der Waals surface area contributed by atoms with Gasteiger partial charge in [0.25, 0.3) is 0 Å². The van der Waals surface area contributed by atoms with Gasteiger partial charge in [0.15, 0.2) is 0 Å². The summed E-state index contributed by atoms with van der Waals surface area (Å²) in [5.41, 5.74) is 0. The molecule has 0 heterocycles. The lowest BCUT2D eigenvalue weighted by Crippen LogP contribution is -2.25. The van der Waals surface area contributed by atoms with E-state index in [0.29, 0.717) is 17.8 Å². The molecule has 1 rings (SSSR count). The topological polar surface area (TPSA) is 0 Å². The van der Waals surface area contributed by atoms with Crippen molar-refractivity contribution in [3.05, 3.63) is 0 Å². The average molecular weight is 158 g/mol. The molecule has 0 radical (unpaired) electrons. The fourth-order valence-electron chi connectivity index (χ4n) is 2.11. The molecule has 0 aromatic rings. The molecule has 0 N–H and O–H groups in total. The molecule has 0 spiro atoms. The van der Waals surface area contributed by atoms with Crippen LogP contribution in [0.25, 0.3) is 0 Å². The second kappa shape index (κ2) is 3.55. The molecule has 1 fully saturated rings. The van der Waals surface area contributed by atoms with E-state index in [0.717, 1.165) is 12.8 Å². The molecule has 3 atom stereocenters. The normalized spacial score (nSPS) is 39.5. The van der Waals surface area contributed by atoms with Gasteiger partial charge in [-0.2, -0.15) is 0 Å². The zero-order valence-electron chi connectivity index (χ0n) is 7.81. The Morgan fingerprint density at radius 1 is 1.18 bits per heavy atom. The quantitative estimate of drug-likeness (QED) is 0.548. The summed E-state index contributed by atoms with van der Waals surface area (Å²) < 4.78 is 13.0. The van der Waals surface area contributed by atoms with Crippen LogP contribution in [0.3, 0.4) is 0 Å². The van der Waals surface area contributed by atoms with Gasteiger partial charge < -0.3 is 0 Å². The van der Waals surface area contributed by atoms with Crippen LogP contribution in [-0.4, -0.2) is 6.17 Å². The van der Waals surface area contributed by atoms with E-state index in [4.69, 9.17) is 0 Å². The lowest BCUT2D eigenvalue weighted by molar-refractivity contribution is 0.129. The molecule has 0 saturated heterocycles. The third-order valence-corrected chi connectivity index (χ3v) is 2.86. The summed E-state index contributed by atoms with van der Waals surface area (Å²) in [5, 5.41) is 0. The van der Waals surface area contributed by atoms with Crippen LogP contribution in [0.1, 0.15) is 40.0 Å². The van der Waals surface area contributed by atoms with Gasteiger partial charge in [0.05, 0.1) is 0 Å². The number of hydrogen-bond donors (Lipinski definition) is 0. The minimum absolute atomic E-state index is 0.522. The van der Waals surface area contributed by atoms with Crippen molar-refractivity contribution in [3.8, 4) is 0 Å². The summed E-state index contributed by atoms with van der Waals surface area (Å²) in [7, 11) is 0. The van der Waals surface area contributed by atoms with E-state index in [2.05, 4.69) is 20.8 Å². The van der Waals surface area contributed by atoms with Gasteiger partial charge in [-0.05, 0) is 37.0 Å². The minimum atomic E-state index is -0.522. The number of halogens is 1. The molecule has 1 aliphatic carbocycles. The highest BCUT2D eigenvalue weighted by molar-refractivity contribution is 4.78. The van der Waals surface area contributed by atoms with Crippen molar-refractivity contribution in [2.45, 2.75) is 46.2 Å². The molecular weight excluding hydrogens is 139 g/mol. The molecular formula is C10H19F. The van der Waals surface area contributed by atoms with Crippen molar-refractivity contribution in [2.24, 2.45) is 17.8 Å². The predicted octanol–water partition coefficient (Wildman–Crippen LogP) is 3.42. The molecule has 0 bridgehead atoms. The summed E-state index contributed by atoms with van der Waals surface area (Å²) in [4.78, 5) is 0. The van der Waals surface area contributed by atoms with Gasteiger partial charge in [0, 0.05) is 0 Å². The van der Waals surface area contributed by atoms with Gasteiger partial charge in [-0.15, -0.1) is 0 Å². The number of alkyl halides is 1. The number of hydrogen-bond acceptors (Lipinski definition) is 0. The maximum Gasteiger partial charge on any atom is 0.101 e.